The summed E-state index contributed by atoms with van der Waals surface area (Å²) in [6, 6.07) is 0. The number of ether oxygens (including phenoxy) is 1. The van der Waals surface area contributed by atoms with E-state index in [2.05, 4.69) is 12.2 Å². The van der Waals surface area contributed by atoms with Crippen LogP contribution in [-0.2, 0) is 9.53 Å². The molecule has 0 bridgehead atoms. The first kappa shape index (κ1) is 12.4. The summed E-state index contributed by atoms with van der Waals surface area (Å²) in [5.74, 6) is -0.0407. The molecule has 0 aliphatic heterocycles. The van der Waals surface area contributed by atoms with Gasteiger partial charge in [-0.3, -0.25) is 4.79 Å². The molecule has 1 amide bonds. The molecule has 0 aromatic carbocycles. The monoisotopic (exact) mass is 187 g/mol. The van der Waals surface area contributed by atoms with E-state index < -0.39 is 0 Å². The standard InChI is InChI=1S/C10H21NO2/c1-4-5-6-7-8-13-10(3)11-9(2)12/h10H,4-8H2,1-3H3,(H,11,12)/t10-/m0/s1. The smallest absolute Gasteiger partial charge is 0.218 e. The van der Waals surface area contributed by atoms with Gasteiger partial charge in [-0.05, 0) is 13.3 Å². The van der Waals surface area contributed by atoms with E-state index in [1.807, 2.05) is 6.92 Å². The third kappa shape index (κ3) is 9.34. The Balaban J connectivity index is 3.17. The second kappa shape index (κ2) is 8.05. The van der Waals surface area contributed by atoms with Crippen LogP contribution in [0, 0.1) is 0 Å². The number of unbranched alkanes of at least 4 members (excludes halogenated alkanes) is 3. The minimum atomic E-state index is -0.154. The zero-order valence-electron chi connectivity index (χ0n) is 8.93. The Kier molecular flexibility index (Phi) is 7.69. The summed E-state index contributed by atoms with van der Waals surface area (Å²) in [6.45, 7) is 6.26. The number of hydrogen-bond donors (Lipinski definition) is 1. The largest absolute Gasteiger partial charge is 0.359 e. The van der Waals surface area contributed by atoms with Crippen molar-refractivity contribution in [2.75, 3.05) is 6.61 Å². The number of rotatable bonds is 7. The van der Waals surface area contributed by atoms with Crippen molar-refractivity contribution in [3.05, 3.63) is 0 Å². The first-order chi connectivity index (χ1) is 6.16. The van der Waals surface area contributed by atoms with Crippen LogP contribution in [0.2, 0.25) is 0 Å². The molecule has 0 aromatic heterocycles. The van der Waals surface area contributed by atoms with Crippen molar-refractivity contribution < 1.29 is 9.53 Å². The molecule has 0 heterocycles. The summed E-state index contributed by atoms with van der Waals surface area (Å²) in [5, 5.41) is 2.67. The fourth-order valence-electron chi connectivity index (χ4n) is 1.12. The molecule has 78 valence electrons. The third-order valence-electron chi connectivity index (χ3n) is 1.77. The summed E-state index contributed by atoms with van der Waals surface area (Å²) in [4.78, 5) is 10.6. The Morgan fingerprint density at radius 2 is 2.08 bits per heavy atom. The van der Waals surface area contributed by atoms with Crippen LogP contribution >= 0.6 is 0 Å². The number of nitrogens with one attached hydrogen (secondary N) is 1. The van der Waals surface area contributed by atoms with Crippen molar-refractivity contribution in [2.24, 2.45) is 0 Å². The minimum Gasteiger partial charge on any atom is -0.359 e. The molecule has 0 fully saturated rings. The molecule has 0 aliphatic carbocycles. The molecule has 1 N–H and O–H groups in total. The lowest BCUT2D eigenvalue weighted by Crippen LogP contribution is -2.32. The van der Waals surface area contributed by atoms with Gasteiger partial charge in [-0.25, -0.2) is 0 Å². The zero-order valence-corrected chi connectivity index (χ0v) is 8.93. The SMILES string of the molecule is CCCCCCO[C@@H](C)NC(C)=O. The van der Waals surface area contributed by atoms with Gasteiger partial charge in [0.1, 0.15) is 6.23 Å². The maximum absolute atomic E-state index is 10.6. The Bertz CT molecular complexity index is 137. The average Bonchev–Trinajstić information content (AvgIpc) is 2.02. The molecular formula is C10H21NO2. The van der Waals surface area contributed by atoms with Gasteiger partial charge in [0.2, 0.25) is 5.91 Å². The van der Waals surface area contributed by atoms with Crippen LogP contribution in [-0.4, -0.2) is 18.7 Å². The van der Waals surface area contributed by atoms with Gasteiger partial charge < -0.3 is 10.1 Å². The molecule has 1 atom stereocenters. The Morgan fingerprint density at radius 1 is 1.38 bits per heavy atom. The van der Waals surface area contributed by atoms with Crippen LogP contribution in [0.1, 0.15) is 46.5 Å². The van der Waals surface area contributed by atoms with Crippen LogP contribution < -0.4 is 5.32 Å². The minimum absolute atomic E-state index is 0.0407. The molecule has 0 aliphatic rings. The Labute approximate surface area is 80.8 Å². The predicted molar refractivity (Wildman–Crippen MR) is 53.4 cm³/mol. The Morgan fingerprint density at radius 3 is 2.62 bits per heavy atom. The Hall–Kier alpha value is -0.570. The molecule has 0 radical (unpaired) electrons. The molecule has 0 aromatic rings. The van der Waals surface area contributed by atoms with Crippen molar-refractivity contribution in [3.63, 3.8) is 0 Å². The van der Waals surface area contributed by atoms with Crippen molar-refractivity contribution >= 4 is 5.91 Å². The van der Waals surface area contributed by atoms with Gasteiger partial charge in [-0.15, -0.1) is 0 Å². The average molecular weight is 187 g/mol. The predicted octanol–water partition coefficient (Wildman–Crippen LogP) is 2.07. The summed E-state index contributed by atoms with van der Waals surface area (Å²) < 4.78 is 5.37. The van der Waals surface area contributed by atoms with Gasteiger partial charge in [-0.1, -0.05) is 26.2 Å². The third-order valence-corrected chi connectivity index (χ3v) is 1.77. The van der Waals surface area contributed by atoms with Gasteiger partial charge >= 0.3 is 0 Å². The van der Waals surface area contributed by atoms with Crippen LogP contribution in [0.15, 0.2) is 0 Å². The lowest BCUT2D eigenvalue weighted by atomic mass is 10.2. The highest BCUT2D eigenvalue weighted by molar-refractivity contribution is 5.72. The molecule has 0 saturated heterocycles. The second-order valence-electron chi connectivity index (χ2n) is 3.27. The quantitative estimate of drug-likeness (QED) is 0.489. The number of carbonyl (C=O) groups is 1. The molecule has 0 rings (SSSR count). The fourth-order valence-corrected chi connectivity index (χ4v) is 1.12. The van der Waals surface area contributed by atoms with Crippen LogP contribution in [0.25, 0.3) is 0 Å². The van der Waals surface area contributed by atoms with Crippen molar-refractivity contribution in [1.29, 1.82) is 0 Å². The van der Waals surface area contributed by atoms with Crippen LogP contribution in [0.3, 0.4) is 0 Å². The lowest BCUT2D eigenvalue weighted by Gasteiger charge is -2.13. The lowest BCUT2D eigenvalue weighted by molar-refractivity contribution is -0.122. The van der Waals surface area contributed by atoms with Crippen molar-refractivity contribution in [1.82, 2.24) is 5.32 Å². The number of hydrogen-bond acceptors (Lipinski definition) is 2. The summed E-state index contributed by atoms with van der Waals surface area (Å²) in [5.41, 5.74) is 0. The van der Waals surface area contributed by atoms with E-state index in [1.165, 1.54) is 26.2 Å². The van der Waals surface area contributed by atoms with Gasteiger partial charge in [-0.2, -0.15) is 0 Å². The van der Waals surface area contributed by atoms with E-state index in [-0.39, 0.29) is 12.1 Å². The summed E-state index contributed by atoms with van der Waals surface area (Å²) >= 11 is 0. The first-order valence-electron chi connectivity index (χ1n) is 5.05. The highest BCUT2D eigenvalue weighted by atomic mass is 16.5. The summed E-state index contributed by atoms with van der Waals surface area (Å²) in [7, 11) is 0. The fraction of sp³-hybridized carbons (Fsp3) is 0.900. The van der Waals surface area contributed by atoms with E-state index >= 15 is 0 Å². The van der Waals surface area contributed by atoms with E-state index in [0.717, 1.165) is 13.0 Å². The van der Waals surface area contributed by atoms with E-state index in [1.54, 1.807) is 0 Å². The summed E-state index contributed by atoms with van der Waals surface area (Å²) in [6.07, 6.45) is 4.64. The van der Waals surface area contributed by atoms with Crippen LogP contribution in [0.5, 0.6) is 0 Å². The highest BCUT2D eigenvalue weighted by Gasteiger charge is 2.01. The van der Waals surface area contributed by atoms with Gasteiger partial charge in [0, 0.05) is 13.5 Å². The molecule has 0 unspecified atom stereocenters. The zero-order chi connectivity index (χ0) is 10.1. The van der Waals surface area contributed by atoms with Gasteiger partial charge in [0.15, 0.2) is 0 Å². The maximum atomic E-state index is 10.6. The number of amides is 1. The van der Waals surface area contributed by atoms with Crippen LogP contribution in [0.4, 0.5) is 0 Å². The second-order valence-corrected chi connectivity index (χ2v) is 3.27. The molecule has 3 nitrogen and oxygen atoms in total. The molecule has 0 spiro atoms. The highest BCUT2D eigenvalue weighted by Crippen LogP contribution is 1.99. The maximum Gasteiger partial charge on any atom is 0.218 e. The molecule has 13 heavy (non-hydrogen) atoms. The molecule has 3 heteroatoms. The van der Waals surface area contributed by atoms with Gasteiger partial charge in [0.25, 0.3) is 0 Å². The molecular weight excluding hydrogens is 166 g/mol. The first-order valence-corrected chi connectivity index (χ1v) is 5.05. The van der Waals surface area contributed by atoms with E-state index in [9.17, 15) is 4.79 Å². The van der Waals surface area contributed by atoms with Gasteiger partial charge in [0.05, 0.1) is 0 Å². The van der Waals surface area contributed by atoms with E-state index in [0.29, 0.717) is 0 Å². The number of carbonyl (C=O) groups excluding carboxylic acids is 1. The van der Waals surface area contributed by atoms with Crippen molar-refractivity contribution in [3.8, 4) is 0 Å². The molecule has 0 saturated carbocycles. The normalized spacial score (nSPS) is 12.5. The topological polar surface area (TPSA) is 38.3 Å². The van der Waals surface area contributed by atoms with E-state index in [4.69, 9.17) is 4.74 Å². The van der Waals surface area contributed by atoms with Crippen molar-refractivity contribution in [2.45, 2.75) is 52.7 Å².